The molecule has 0 radical (unpaired) electrons. The van der Waals surface area contributed by atoms with Crippen molar-refractivity contribution in [3.05, 3.63) is 48.3 Å². The molecule has 0 aliphatic heterocycles. The molecule has 86 valence electrons. The van der Waals surface area contributed by atoms with Gasteiger partial charge in [0, 0.05) is 36.8 Å². The van der Waals surface area contributed by atoms with Crippen molar-refractivity contribution in [2.24, 2.45) is 12.8 Å². The average molecular weight is 228 g/mol. The lowest BCUT2D eigenvalue weighted by atomic mass is 10.1. The normalized spacial score (nSPS) is 13.1. The summed E-state index contributed by atoms with van der Waals surface area (Å²) in [4.78, 5) is 4.09. The van der Waals surface area contributed by atoms with Crippen molar-refractivity contribution in [3.8, 4) is 0 Å². The van der Waals surface area contributed by atoms with Crippen LogP contribution < -0.4 is 5.73 Å². The Kier molecular flexibility index (Phi) is 2.15. The standard InChI is InChI=1S/C11H12N6/c1-16-7-8(4-14-16)11(12)9-5-15-17-3-2-13-6-10(9)17/h2-7,11H,12H2,1H3. The van der Waals surface area contributed by atoms with Crippen molar-refractivity contribution in [1.29, 1.82) is 0 Å². The largest absolute Gasteiger partial charge is 0.320 e. The van der Waals surface area contributed by atoms with Crippen molar-refractivity contribution in [2.75, 3.05) is 0 Å². The fourth-order valence-corrected chi connectivity index (χ4v) is 1.87. The molecule has 6 heteroatoms. The van der Waals surface area contributed by atoms with Gasteiger partial charge in [-0.3, -0.25) is 9.67 Å². The van der Waals surface area contributed by atoms with E-state index in [-0.39, 0.29) is 6.04 Å². The summed E-state index contributed by atoms with van der Waals surface area (Å²) in [6.07, 6.45) is 10.7. The lowest BCUT2D eigenvalue weighted by molar-refractivity contribution is 0.765. The van der Waals surface area contributed by atoms with Crippen LogP contribution in [0.3, 0.4) is 0 Å². The predicted molar refractivity (Wildman–Crippen MR) is 62.2 cm³/mol. The van der Waals surface area contributed by atoms with Gasteiger partial charge in [0.15, 0.2) is 0 Å². The summed E-state index contributed by atoms with van der Waals surface area (Å²) in [5, 5.41) is 8.36. The van der Waals surface area contributed by atoms with Crippen molar-refractivity contribution >= 4 is 5.52 Å². The third-order valence-electron chi connectivity index (χ3n) is 2.77. The van der Waals surface area contributed by atoms with Crippen LogP contribution in [0.5, 0.6) is 0 Å². The summed E-state index contributed by atoms with van der Waals surface area (Å²) >= 11 is 0. The summed E-state index contributed by atoms with van der Waals surface area (Å²) < 4.78 is 3.50. The minimum absolute atomic E-state index is 0.231. The van der Waals surface area contributed by atoms with Crippen molar-refractivity contribution in [2.45, 2.75) is 6.04 Å². The molecule has 0 aliphatic rings. The summed E-state index contributed by atoms with van der Waals surface area (Å²) in [6, 6.07) is -0.231. The van der Waals surface area contributed by atoms with Crippen LogP contribution in [0.1, 0.15) is 17.2 Å². The molecule has 0 aromatic carbocycles. The molecule has 1 unspecified atom stereocenters. The highest BCUT2D eigenvalue weighted by molar-refractivity contribution is 5.55. The van der Waals surface area contributed by atoms with Crippen LogP contribution in [0, 0.1) is 0 Å². The number of aryl methyl sites for hydroxylation is 1. The first-order valence-corrected chi connectivity index (χ1v) is 5.27. The van der Waals surface area contributed by atoms with Gasteiger partial charge in [-0.25, -0.2) is 4.52 Å². The van der Waals surface area contributed by atoms with Gasteiger partial charge in [-0.1, -0.05) is 0 Å². The van der Waals surface area contributed by atoms with Crippen LogP contribution in [0.15, 0.2) is 37.2 Å². The molecule has 0 fully saturated rings. The van der Waals surface area contributed by atoms with Crippen molar-refractivity contribution in [3.63, 3.8) is 0 Å². The van der Waals surface area contributed by atoms with Gasteiger partial charge in [0.2, 0.25) is 0 Å². The quantitative estimate of drug-likeness (QED) is 0.693. The predicted octanol–water partition coefficient (Wildman–Crippen LogP) is 0.511. The van der Waals surface area contributed by atoms with E-state index in [1.54, 1.807) is 40.2 Å². The Bertz CT molecular complexity index is 653. The Balaban J connectivity index is 2.09. The highest BCUT2D eigenvalue weighted by Gasteiger charge is 2.15. The molecule has 0 aliphatic carbocycles. The zero-order valence-corrected chi connectivity index (χ0v) is 9.35. The number of aromatic nitrogens is 5. The van der Waals surface area contributed by atoms with Crippen LogP contribution in [0.2, 0.25) is 0 Å². The van der Waals surface area contributed by atoms with E-state index in [0.29, 0.717) is 0 Å². The highest BCUT2D eigenvalue weighted by atomic mass is 15.2. The SMILES string of the molecule is Cn1cc(C(N)c2cnn3ccncc23)cn1. The van der Waals surface area contributed by atoms with E-state index in [9.17, 15) is 0 Å². The number of hydrogen-bond acceptors (Lipinski definition) is 4. The van der Waals surface area contributed by atoms with Crippen LogP contribution in [0.4, 0.5) is 0 Å². The van der Waals surface area contributed by atoms with Gasteiger partial charge < -0.3 is 5.73 Å². The fourth-order valence-electron chi connectivity index (χ4n) is 1.87. The molecule has 1 atom stereocenters. The van der Waals surface area contributed by atoms with E-state index in [0.717, 1.165) is 16.6 Å². The zero-order valence-electron chi connectivity index (χ0n) is 9.35. The molecule has 3 aromatic heterocycles. The van der Waals surface area contributed by atoms with Gasteiger partial charge in [-0.05, 0) is 0 Å². The molecule has 0 spiro atoms. The maximum absolute atomic E-state index is 6.21. The minimum atomic E-state index is -0.231. The molecule has 0 bridgehead atoms. The molecule has 3 aromatic rings. The van der Waals surface area contributed by atoms with E-state index < -0.39 is 0 Å². The monoisotopic (exact) mass is 228 g/mol. The van der Waals surface area contributed by atoms with E-state index in [2.05, 4.69) is 15.2 Å². The maximum Gasteiger partial charge on any atom is 0.0896 e. The molecular formula is C11H12N6. The Hall–Kier alpha value is -2.21. The van der Waals surface area contributed by atoms with Crippen molar-refractivity contribution in [1.82, 2.24) is 24.4 Å². The minimum Gasteiger partial charge on any atom is -0.320 e. The van der Waals surface area contributed by atoms with Gasteiger partial charge in [0.1, 0.15) is 0 Å². The van der Waals surface area contributed by atoms with E-state index in [4.69, 9.17) is 5.73 Å². The number of rotatable bonds is 2. The van der Waals surface area contributed by atoms with E-state index >= 15 is 0 Å². The second-order valence-corrected chi connectivity index (χ2v) is 3.93. The van der Waals surface area contributed by atoms with Gasteiger partial charge in [-0.2, -0.15) is 10.2 Å². The number of nitrogens with two attached hydrogens (primary N) is 1. The fraction of sp³-hybridized carbons (Fsp3) is 0.182. The lowest BCUT2D eigenvalue weighted by Crippen LogP contribution is -2.10. The van der Waals surface area contributed by atoms with Gasteiger partial charge in [0.05, 0.1) is 30.1 Å². The third-order valence-corrected chi connectivity index (χ3v) is 2.77. The molecule has 17 heavy (non-hydrogen) atoms. The molecule has 3 heterocycles. The van der Waals surface area contributed by atoms with Crippen molar-refractivity contribution < 1.29 is 0 Å². The topological polar surface area (TPSA) is 74.0 Å². The molecule has 0 amide bonds. The van der Waals surface area contributed by atoms with Crippen LogP contribution in [-0.4, -0.2) is 24.4 Å². The first-order chi connectivity index (χ1) is 8.25. The smallest absolute Gasteiger partial charge is 0.0896 e. The number of hydrogen-bond donors (Lipinski definition) is 1. The molecule has 6 nitrogen and oxygen atoms in total. The average Bonchev–Trinajstić information content (AvgIpc) is 2.94. The Morgan fingerprint density at radius 1 is 1.24 bits per heavy atom. The first kappa shape index (κ1) is 9.98. The van der Waals surface area contributed by atoms with Gasteiger partial charge >= 0.3 is 0 Å². The van der Waals surface area contributed by atoms with Gasteiger partial charge in [-0.15, -0.1) is 0 Å². The summed E-state index contributed by atoms with van der Waals surface area (Å²) in [5.41, 5.74) is 9.04. The lowest BCUT2D eigenvalue weighted by Gasteiger charge is -2.06. The molecule has 0 saturated carbocycles. The first-order valence-electron chi connectivity index (χ1n) is 5.27. The molecule has 3 rings (SSSR count). The molecule has 2 N–H and O–H groups in total. The van der Waals surface area contributed by atoms with E-state index in [1.807, 2.05) is 13.2 Å². The van der Waals surface area contributed by atoms with Crippen LogP contribution >= 0.6 is 0 Å². The highest BCUT2D eigenvalue weighted by Crippen LogP contribution is 2.22. The van der Waals surface area contributed by atoms with E-state index in [1.165, 1.54) is 0 Å². The Labute approximate surface area is 97.7 Å². The zero-order chi connectivity index (χ0) is 11.8. The molecular weight excluding hydrogens is 216 g/mol. The van der Waals surface area contributed by atoms with Crippen LogP contribution in [0.25, 0.3) is 5.52 Å². The van der Waals surface area contributed by atoms with Crippen LogP contribution in [-0.2, 0) is 7.05 Å². The maximum atomic E-state index is 6.21. The second-order valence-electron chi connectivity index (χ2n) is 3.93. The number of fused-ring (bicyclic) bond motifs is 1. The summed E-state index contributed by atoms with van der Waals surface area (Å²) in [7, 11) is 1.87. The summed E-state index contributed by atoms with van der Waals surface area (Å²) in [6.45, 7) is 0. The Morgan fingerprint density at radius 2 is 2.12 bits per heavy atom. The Morgan fingerprint density at radius 3 is 2.88 bits per heavy atom. The molecule has 0 saturated heterocycles. The summed E-state index contributed by atoms with van der Waals surface area (Å²) in [5.74, 6) is 0. The number of nitrogens with zero attached hydrogens (tertiary/aromatic N) is 5. The second kappa shape index (κ2) is 3.67. The third kappa shape index (κ3) is 1.58. The van der Waals surface area contributed by atoms with Gasteiger partial charge in [0.25, 0.3) is 0 Å².